The Labute approximate surface area is 98.7 Å². The number of aromatic nitrogens is 1. The molecule has 0 aliphatic rings. The zero-order valence-electron chi connectivity index (χ0n) is 9.27. The van der Waals surface area contributed by atoms with Crippen LogP contribution in [0.2, 0.25) is 0 Å². The highest BCUT2D eigenvalue weighted by atomic mass is 32.1. The molecule has 0 bridgehead atoms. The quantitative estimate of drug-likeness (QED) is 0.813. The first-order valence-electron chi connectivity index (χ1n) is 5.46. The van der Waals surface area contributed by atoms with Crippen LogP contribution in [0.3, 0.4) is 0 Å². The van der Waals surface area contributed by atoms with Crippen molar-refractivity contribution in [2.75, 3.05) is 13.2 Å². The van der Waals surface area contributed by atoms with Crippen LogP contribution in [0, 0.1) is 0 Å². The second-order valence-electron chi connectivity index (χ2n) is 3.52. The maximum Gasteiger partial charge on any atom is 0.120 e. The van der Waals surface area contributed by atoms with Crippen LogP contribution in [0.4, 0.5) is 0 Å². The van der Waals surface area contributed by atoms with E-state index >= 15 is 0 Å². The SMILES string of the molecule is CCc1nc2ccc(OCCCO)cc2s1. The Morgan fingerprint density at radius 3 is 3.06 bits per heavy atom. The summed E-state index contributed by atoms with van der Waals surface area (Å²) in [5.74, 6) is 0.854. The average Bonchev–Trinajstić information content (AvgIpc) is 2.71. The summed E-state index contributed by atoms with van der Waals surface area (Å²) < 4.78 is 6.68. The molecule has 0 spiro atoms. The molecule has 1 aromatic heterocycles. The number of rotatable bonds is 5. The zero-order valence-corrected chi connectivity index (χ0v) is 10.1. The third-order valence-corrected chi connectivity index (χ3v) is 3.44. The Kier molecular flexibility index (Phi) is 3.74. The number of benzene rings is 1. The number of hydrogen-bond acceptors (Lipinski definition) is 4. The van der Waals surface area contributed by atoms with Gasteiger partial charge in [0.2, 0.25) is 0 Å². The lowest BCUT2D eigenvalue weighted by atomic mass is 10.3. The minimum atomic E-state index is 0.169. The molecule has 2 rings (SSSR count). The molecule has 0 saturated heterocycles. The van der Waals surface area contributed by atoms with Crippen LogP contribution in [0.1, 0.15) is 18.4 Å². The molecule has 1 heterocycles. The fraction of sp³-hybridized carbons (Fsp3) is 0.417. The molecule has 0 aliphatic heterocycles. The summed E-state index contributed by atoms with van der Waals surface area (Å²) in [5.41, 5.74) is 1.04. The summed E-state index contributed by atoms with van der Waals surface area (Å²) >= 11 is 1.71. The fourth-order valence-electron chi connectivity index (χ4n) is 1.45. The third kappa shape index (κ3) is 2.51. The highest BCUT2D eigenvalue weighted by molar-refractivity contribution is 7.18. The second-order valence-corrected chi connectivity index (χ2v) is 4.63. The van der Waals surface area contributed by atoms with Crippen molar-refractivity contribution in [2.24, 2.45) is 0 Å². The number of ether oxygens (including phenoxy) is 1. The minimum absolute atomic E-state index is 0.169. The van der Waals surface area contributed by atoms with Crippen molar-refractivity contribution in [1.82, 2.24) is 4.98 Å². The van der Waals surface area contributed by atoms with E-state index < -0.39 is 0 Å². The van der Waals surface area contributed by atoms with Crippen molar-refractivity contribution in [1.29, 1.82) is 0 Å². The van der Waals surface area contributed by atoms with Crippen LogP contribution in [0.25, 0.3) is 10.2 Å². The van der Waals surface area contributed by atoms with E-state index in [-0.39, 0.29) is 6.61 Å². The smallest absolute Gasteiger partial charge is 0.120 e. The summed E-state index contributed by atoms with van der Waals surface area (Å²) in [5, 5.41) is 9.82. The van der Waals surface area contributed by atoms with E-state index in [2.05, 4.69) is 11.9 Å². The molecule has 0 atom stereocenters. The molecule has 86 valence electrons. The normalized spacial score (nSPS) is 10.9. The molecule has 16 heavy (non-hydrogen) atoms. The van der Waals surface area contributed by atoms with Crippen LogP contribution in [0.5, 0.6) is 5.75 Å². The van der Waals surface area contributed by atoms with Gasteiger partial charge in [-0.15, -0.1) is 11.3 Å². The van der Waals surface area contributed by atoms with Crippen molar-refractivity contribution >= 4 is 21.6 Å². The van der Waals surface area contributed by atoms with Crippen LogP contribution in [-0.2, 0) is 6.42 Å². The van der Waals surface area contributed by atoms with Crippen molar-refractivity contribution in [3.8, 4) is 5.75 Å². The molecule has 1 aromatic carbocycles. The van der Waals surface area contributed by atoms with Gasteiger partial charge in [-0.1, -0.05) is 6.92 Å². The topological polar surface area (TPSA) is 42.4 Å². The summed E-state index contributed by atoms with van der Waals surface area (Å²) in [4.78, 5) is 4.49. The van der Waals surface area contributed by atoms with Crippen molar-refractivity contribution in [2.45, 2.75) is 19.8 Å². The number of fused-ring (bicyclic) bond motifs is 1. The van der Waals surface area contributed by atoms with E-state index in [1.807, 2.05) is 18.2 Å². The first-order chi connectivity index (χ1) is 7.83. The fourth-order valence-corrected chi connectivity index (χ4v) is 2.38. The van der Waals surface area contributed by atoms with Gasteiger partial charge in [0.25, 0.3) is 0 Å². The van der Waals surface area contributed by atoms with E-state index in [0.29, 0.717) is 13.0 Å². The lowest BCUT2D eigenvalue weighted by Gasteiger charge is -2.03. The van der Waals surface area contributed by atoms with Gasteiger partial charge in [-0.05, 0) is 24.6 Å². The van der Waals surface area contributed by atoms with Gasteiger partial charge >= 0.3 is 0 Å². The Balaban J connectivity index is 2.15. The van der Waals surface area contributed by atoms with Crippen LogP contribution >= 0.6 is 11.3 Å². The monoisotopic (exact) mass is 237 g/mol. The number of thiazole rings is 1. The number of nitrogens with zero attached hydrogens (tertiary/aromatic N) is 1. The maximum absolute atomic E-state index is 8.66. The molecular weight excluding hydrogens is 222 g/mol. The van der Waals surface area contributed by atoms with Gasteiger partial charge in [0.1, 0.15) is 5.75 Å². The molecule has 4 heteroatoms. The first-order valence-corrected chi connectivity index (χ1v) is 6.28. The Bertz CT molecular complexity index is 467. The lowest BCUT2D eigenvalue weighted by Crippen LogP contribution is -1.99. The van der Waals surface area contributed by atoms with E-state index in [4.69, 9.17) is 9.84 Å². The lowest BCUT2D eigenvalue weighted by molar-refractivity contribution is 0.234. The molecule has 2 aromatic rings. The molecule has 0 saturated carbocycles. The van der Waals surface area contributed by atoms with Crippen LogP contribution in [0.15, 0.2) is 18.2 Å². The van der Waals surface area contributed by atoms with Gasteiger partial charge in [0.05, 0.1) is 21.8 Å². The Hall–Kier alpha value is -1.13. The minimum Gasteiger partial charge on any atom is -0.493 e. The standard InChI is InChI=1S/C12H15NO2S/c1-2-12-13-10-5-4-9(8-11(10)16-12)15-7-3-6-14/h4-5,8,14H,2-3,6-7H2,1H3. The van der Waals surface area contributed by atoms with Gasteiger partial charge in [-0.2, -0.15) is 0 Å². The van der Waals surface area contributed by atoms with Crippen LogP contribution in [-0.4, -0.2) is 23.3 Å². The molecule has 0 unspecified atom stereocenters. The maximum atomic E-state index is 8.66. The summed E-state index contributed by atoms with van der Waals surface area (Å²) in [6.45, 7) is 2.83. The second kappa shape index (κ2) is 5.27. The van der Waals surface area contributed by atoms with E-state index in [9.17, 15) is 0 Å². The molecule has 0 amide bonds. The van der Waals surface area contributed by atoms with Gasteiger partial charge in [-0.25, -0.2) is 4.98 Å². The highest BCUT2D eigenvalue weighted by Crippen LogP contribution is 2.26. The molecular formula is C12H15NO2S. The van der Waals surface area contributed by atoms with Crippen molar-refractivity contribution in [3.05, 3.63) is 23.2 Å². The van der Waals surface area contributed by atoms with Crippen LogP contribution < -0.4 is 4.74 Å². The van der Waals surface area contributed by atoms with Gasteiger partial charge in [0, 0.05) is 13.0 Å². The summed E-state index contributed by atoms with van der Waals surface area (Å²) in [7, 11) is 0. The molecule has 0 fully saturated rings. The van der Waals surface area contributed by atoms with E-state index in [1.165, 1.54) is 4.70 Å². The van der Waals surface area contributed by atoms with Crippen molar-refractivity contribution in [3.63, 3.8) is 0 Å². The number of aliphatic hydroxyl groups is 1. The first kappa shape index (κ1) is 11.4. The van der Waals surface area contributed by atoms with Gasteiger partial charge in [0.15, 0.2) is 0 Å². The molecule has 3 nitrogen and oxygen atoms in total. The Morgan fingerprint density at radius 1 is 1.44 bits per heavy atom. The summed E-state index contributed by atoms with van der Waals surface area (Å²) in [6.07, 6.45) is 1.64. The number of aliphatic hydroxyl groups excluding tert-OH is 1. The highest BCUT2D eigenvalue weighted by Gasteiger charge is 2.03. The molecule has 0 aliphatic carbocycles. The number of hydrogen-bond donors (Lipinski definition) is 1. The summed E-state index contributed by atoms with van der Waals surface area (Å²) in [6, 6.07) is 5.93. The predicted octanol–water partition coefficient (Wildman–Crippen LogP) is 2.62. The van der Waals surface area contributed by atoms with E-state index in [0.717, 1.165) is 22.7 Å². The molecule has 0 radical (unpaired) electrons. The Morgan fingerprint density at radius 2 is 2.31 bits per heavy atom. The number of aryl methyl sites for hydroxylation is 1. The third-order valence-electron chi connectivity index (χ3n) is 2.28. The van der Waals surface area contributed by atoms with E-state index in [1.54, 1.807) is 11.3 Å². The van der Waals surface area contributed by atoms with Gasteiger partial charge < -0.3 is 9.84 Å². The predicted molar refractivity (Wildman–Crippen MR) is 66.2 cm³/mol. The zero-order chi connectivity index (χ0) is 11.4. The largest absolute Gasteiger partial charge is 0.493 e. The average molecular weight is 237 g/mol. The molecule has 1 N–H and O–H groups in total. The van der Waals surface area contributed by atoms with Crippen molar-refractivity contribution < 1.29 is 9.84 Å². The van der Waals surface area contributed by atoms with Gasteiger partial charge in [-0.3, -0.25) is 0 Å².